The van der Waals surface area contributed by atoms with Crippen LogP contribution in [0.1, 0.15) is 53.9 Å². The van der Waals surface area contributed by atoms with Gasteiger partial charge in [0.25, 0.3) is 0 Å². The summed E-state index contributed by atoms with van der Waals surface area (Å²) in [5.41, 5.74) is 0.680. The quantitative estimate of drug-likeness (QED) is 0.853. The third-order valence-electron chi connectivity index (χ3n) is 3.16. The maximum Gasteiger partial charge on any atom is 0.347 e. The minimum atomic E-state index is -0.887. The van der Waals surface area contributed by atoms with Crippen molar-refractivity contribution in [2.75, 3.05) is 4.90 Å². The molecule has 0 fully saturated rings. The van der Waals surface area contributed by atoms with Gasteiger partial charge in [-0.25, -0.2) is 9.78 Å². The standard InChI is InChI=1S/C15H20N2O2S2/c1-9(2)12-13(14(18)19)21-15(16-12)17(10(3)4)8-11-6-5-7-20-11/h5-7,9-10H,8H2,1-4H3,(H,18,19). The minimum Gasteiger partial charge on any atom is -0.477 e. The van der Waals surface area contributed by atoms with Gasteiger partial charge in [-0.15, -0.1) is 11.3 Å². The lowest BCUT2D eigenvalue weighted by Gasteiger charge is -2.25. The molecule has 0 unspecified atom stereocenters. The molecule has 2 rings (SSSR count). The van der Waals surface area contributed by atoms with Gasteiger partial charge in [0, 0.05) is 10.9 Å². The van der Waals surface area contributed by atoms with E-state index >= 15 is 0 Å². The number of carbonyl (C=O) groups is 1. The highest BCUT2D eigenvalue weighted by Crippen LogP contribution is 2.33. The fraction of sp³-hybridized carbons (Fsp3) is 0.467. The lowest BCUT2D eigenvalue weighted by Crippen LogP contribution is -2.29. The molecular weight excluding hydrogens is 304 g/mol. The molecule has 0 aliphatic heterocycles. The van der Waals surface area contributed by atoms with Crippen molar-refractivity contribution in [1.82, 2.24) is 4.98 Å². The molecule has 0 aliphatic rings. The van der Waals surface area contributed by atoms with Crippen LogP contribution in [0.5, 0.6) is 0 Å². The third-order valence-corrected chi connectivity index (χ3v) is 5.12. The fourth-order valence-electron chi connectivity index (χ4n) is 2.03. The second-order valence-electron chi connectivity index (χ2n) is 5.47. The Kier molecular flexibility index (Phi) is 5.00. The summed E-state index contributed by atoms with van der Waals surface area (Å²) in [5.74, 6) is -0.779. The van der Waals surface area contributed by atoms with Gasteiger partial charge in [-0.2, -0.15) is 0 Å². The Morgan fingerprint density at radius 3 is 2.52 bits per heavy atom. The second-order valence-corrected chi connectivity index (χ2v) is 7.48. The lowest BCUT2D eigenvalue weighted by atomic mass is 10.1. The van der Waals surface area contributed by atoms with Gasteiger partial charge in [-0.1, -0.05) is 31.3 Å². The molecule has 0 aromatic carbocycles. The SMILES string of the molecule is CC(C)c1nc(N(Cc2cccs2)C(C)C)sc1C(=O)O. The summed E-state index contributed by atoms with van der Waals surface area (Å²) in [6.07, 6.45) is 0. The van der Waals surface area contributed by atoms with Gasteiger partial charge in [0.15, 0.2) is 5.13 Å². The number of thiazole rings is 1. The molecule has 4 nitrogen and oxygen atoms in total. The zero-order valence-electron chi connectivity index (χ0n) is 12.7. The van der Waals surface area contributed by atoms with E-state index in [0.717, 1.165) is 11.7 Å². The molecule has 0 saturated heterocycles. The Hall–Kier alpha value is -1.40. The van der Waals surface area contributed by atoms with Crippen molar-refractivity contribution in [3.8, 4) is 0 Å². The van der Waals surface area contributed by atoms with E-state index in [4.69, 9.17) is 0 Å². The van der Waals surface area contributed by atoms with Gasteiger partial charge >= 0.3 is 5.97 Å². The van der Waals surface area contributed by atoms with Crippen LogP contribution in [-0.2, 0) is 6.54 Å². The van der Waals surface area contributed by atoms with E-state index < -0.39 is 5.97 Å². The molecule has 2 heterocycles. The van der Waals surface area contributed by atoms with Gasteiger partial charge in [0.1, 0.15) is 4.88 Å². The highest BCUT2D eigenvalue weighted by atomic mass is 32.1. The molecule has 0 aliphatic carbocycles. The largest absolute Gasteiger partial charge is 0.477 e. The molecule has 2 aromatic rings. The van der Waals surface area contributed by atoms with Crippen LogP contribution < -0.4 is 4.90 Å². The van der Waals surface area contributed by atoms with Gasteiger partial charge in [-0.05, 0) is 31.2 Å². The average Bonchev–Trinajstić information content (AvgIpc) is 3.04. The van der Waals surface area contributed by atoms with Crippen molar-refractivity contribution in [1.29, 1.82) is 0 Å². The highest BCUT2D eigenvalue weighted by Gasteiger charge is 2.23. The number of aromatic carboxylic acids is 1. The molecule has 21 heavy (non-hydrogen) atoms. The molecule has 114 valence electrons. The van der Waals surface area contributed by atoms with Crippen LogP contribution in [0.4, 0.5) is 5.13 Å². The molecule has 0 atom stereocenters. The van der Waals surface area contributed by atoms with E-state index in [1.165, 1.54) is 16.2 Å². The third kappa shape index (κ3) is 3.63. The molecule has 6 heteroatoms. The first kappa shape index (κ1) is 16.0. The normalized spacial score (nSPS) is 11.3. The van der Waals surface area contributed by atoms with Gasteiger partial charge < -0.3 is 10.0 Å². The van der Waals surface area contributed by atoms with Crippen LogP contribution >= 0.6 is 22.7 Å². The zero-order chi connectivity index (χ0) is 15.6. The van der Waals surface area contributed by atoms with Crippen molar-refractivity contribution in [2.24, 2.45) is 0 Å². The number of hydrogen-bond acceptors (Lipinski definition) is 5. The van der Waals surface area contributed by atoms with Crippen molar-refractivity contribution in [3.63, 3.8) is 0 Å². The van der Waals surface area contributed by atoms with Gasteiger partial charge in [-0.3, -0.25) is 0 Å². The van der Waals surface area contributed by atoms with Crippen LogP contribution in [0, 0.1) is 0 Å². The molecule has 0 saturated carbocycles. The maximum absolute atomic E-state index is 11.4. The number of nitrogens with zero attached hydrogens (tertiary/aromatic N) is 2. The number of carboxylic acid groups (broad SMARTS) is 1. The summed E-state index contributed by atoms with van der Waals surface area (Å²) < 4.78 is 0. The van der Waals surface area contributed by atoms with E-state index in [9.17, 15) is 9.90 Å². The van der Waals surface area contributed by atoms with Crippen molar-refractivity contribution in [2.45, 2.75) is 46.2 Å². The number of carboxylic acids is 1. The molecule has 0 amide bonds. The van der Waals surface area contributed by atoms with Crippen LogP contribution in [0.15, 0.2) is 17.5 Å². The van der Waals surface area contributed by atoms with E-state index in [2.05, 4.69) is 35.2 Å². The molecule has 2 aromatic heterocycles. The summed E-state index contributed by atoms with van der Waals surface area (Å²) in [5, 5.41) is 12.2. The van der Waals surface area contributed by atoms with E-state index in [-0.39, 0.29) is 12.0 Å². The van der Waals surface area contributed by atoms with Gasteiger partial charge in [0.2, 0.25) is 0 Å². The van der Waals surface area contributed by atoms with Crippen LogP contribution in [0.3, 0.4) is 0 Å². The molecular formula is C15H20N2O2S2. The zero-order valence-corrected chi connectivity index (χ0v) is 14.3. The summed E-state index contributed by atoms with van der Waals surface area (Å²) in [4.78, 5) is 19.8. The van der Waals surface area contributed by atoms with E-state index in [0.29, 0.717) is 10.6 Å². The first-order chi connectivity index (χ1) is 9.90. The Labute approximate surface area is 133 Å². The van der Waals surface area contributed by atoms with E-state index in [1.807, 2.05) is 19.9 Å². The van der Waals surface area contributed by atoms with Crippen molar-refractivity contribution in [3.05, 3.63) is 33.0 Å². The highest BCUT2D eigenvalue weighted by molar-refractivity contribution is 7.17. The number of hydrogen-bond donors (Lipinski definition) is 1. The van der Waals surface area contributed by atoms with Gasteiger partial charge in [0.05, 0.1) is 12.2 Å². The summed E-state index contributed by atoms with van der Waals surface area (Å²) in [6, 6.07) is 4.39. The molecule has 0 radical (unpaired) electrons. The van der Waals surface area contributed by atoms with Crippen LogP contribution in [0.2, 0.25) is 0 Å². The summed E-state index contributed by atoms with van der Waals surface area (Å²) in [7, 11) is 0. The minimum absolute atomic E-state index is 0.108. The second kappa shape index (κ2) is 6.58. The number of thiophene rings is 1. The first-order valence-corrected chi connectivity index (χ1v) is 8.62. The number of rotatable bonds is 6. The lowest BCUT2D eigenvalue weighted by molar-refractivity contribution is 0.0700. The summed E-state index contributed by atoms with van der Waals surface area (Å²) in [6.45, 7) is 8.92. The maximum atomic E-state index is 11.4. The smallest absolute Gasteiger partial charge is 0.347 e. The van der Waals surface area contributed by atoms with Crippen molar-refractivity contribution >= 4 is 33.8 Å². The fourth-order valence-corrected chi connectivity index (χ4v) is 3.92. The number of aromatic nitrogens is 1. The Morgan fingerprint density at radius 2 is 2.10 bits per heavy atom. The Balaban J connectivity index is 2.36. The molecule has 0 spiro atoms. The van der Waals surface area contributed by atoms with Crippen LogP contribution in [0.25, 0.3) is 0 Å². The Bertz CT molecular complexity index is 603. The average molecular weight is 324 g/mol. The van der Waals surface area contributed by atoms with Crippen molar-refractivity contribution < 1.29 is 9.90 Å². The number of anilines is 1. The molecule has 0 bridgehead atoms. The predicted octanol–water partition coefficient (Wildman–Crippen LogP) is 4.44. The Morgan fingerprint density at radius 1 is 1.38 bits per heavy atom. The summed E-state index contributed by atoms with van der Waals surface area (Å²) >= 11 is 2.98. The molecule has 1 N–H and O–H groups in total. The predicted molar refractivity (Wildman–Crippen MR) is 88.8 cm³/mol. The van der Waals surface area contributed by atoms with Crippen LogP contribution in [-0.4, -0.2) is 22.1 Å². The monoisotopic (exact) mass is 324 g/mol. The topological polar surface area (TPSA) is 53.4 Å². The van der Waals surface area contributed by atoms with E-state index in [1.54, 1.807) is 11.3 Å². The first-order valence-electron chi connectivity index (χ1n) is 6.93.